The van der Waals surface area contributed by atoms with Crippen LogP contribution < -0.4 is 10.6 Å². The highest BCUT2D eigenvalue weighted by molar-refractivity contribution is 6.03. The van der Waals surface area contributed by atoms with Gasteiger partial charge >= 0.3 is 0 Å². The maximum Gasteiger partial charge on any atom is 0.229 e. The molecule has 24 heavy (non-hydrogen) atoms. The number of anilines is 2. The lowest BCUT2D eigenvalue weighted by molar-refractivity contribution is -0.122. The van der Waals surface area contributed by atoms with Gasteiger partial charge in [0.15, 0.2) is 23.3 Å². The van der Waals surface area contributed by atoms with Gasteiger partial charge in [0.1, 0.15) is 5.76 Å². The smallest absolute Gasteiger partial charge is 0.229 e. The van der Waals surface area contributed by atoms with Crippen molar-refractivity contribution in [3.8, 4) is 0 Å². The number of nitrogens with zero attached hydrogens (tertiary/aromatic N) is 1. The van der Waals surface area contributed by atoms with Crippen molar-refractivity contribution in [2.45, 2.75) is 13.3 Å². The third-order valence-electron chi connectivity index (χ3n) is 3.64. The molecule has 1 aromatic heterocycles. The predicted molar refractivity (Wildman–Crippen MR) is 76.4 cm³/mol. The number of halogens is 3. The Hall–Kier alpha value is -2.84. The second-order valence-electron chi connectivity index (χ2n) is 5.47. The van der Waals surface area contributed by atoms with E-state index in [2.05, 4.69) is 15.8 Å². The van der Waals surface area contributed by atoms with E-state index in [1.165, 1.54) is 6.07 Å². The molecule has 0 saturated heterocycles. The second-order valence-corrected chi connectivity index (χ2v) is 5.47. The van der Waals surface area contributed by atoms with Gasteiger partial charge in [0.05, 0.1) is 17.5 Å². The molecule has 1 aliphatic rings. The third-order valence-corrected chi connectivity index (χ3v) is 3.64. The predicted octanol–water partition coefficient (Wildman–Crippen LogP) is 2.61. The zero-order valence-corrected chi connectivity index (χ0v) is 12.4. The lowest BCUT2D eigenvalue weighted by Crippen LogP contribution is -2.21. The fourth-order valence-electron chi connectivity index (χ4n) is 2.27. The first-order chi connectivity index (χ1) is 11.4. The highest BCUT2D eigenvalue weighted by Crippen LogP contribution is 2.40. The standard InChI is InChI=1S/C15H12F3N3O3/c1-6-4-11(21-24-6)20-15(23)8-5-7(8)14(22)19-10-3-2-9(16)12(17)13(10)18/h2-4,7-8H,5H2,1H3,(H,19,22)(H,20,21,23). The molecule has 2 unspecified atom stereocenters. The van der Waals surface area contributed by atoms with E-state index < -0.39 is 46.8 Å². The third kappa shape index (κ3) is 3.10. The van der Waals surface area contributed by atoms with Crippen LogP contribution in [0.4, 0.5) is 24.7 Å². The van der Waals surface area contributed by atoms with Crippen LogP contribution in [0.2, 0.25) is 0 Å². The Morgan fingerprint density at radius 1 is 1.12 bits per heavy atom. The average molecular weight is 339 g/mol. The molecule has 2 atom stereocenters. The monoisotopic (exact) mass is 339 g/mol. The fourth-order valence-corrected chi connectivity index (χ4v) is 2.27. The Bertz CT molecular complexity index is 822. The number of aromatic nitrogens is 1. The maximum absolute atomic E-state index is 13.5. The molecule has 1 heterocycles. The van der Waals surface area contributed by atoms with Crippen molar-refractivity contribution in [1.29, 1.82) is 0 Å². The molecule has 2 amide bonds. The summed E-state index contributed by atoms with van der Waals surface area (Å²) in [4.78, 5) is 23.9. The minimum absolute atomic E-state index is 0.232. The zero-order chi connectivity index (χ0) is 17.4. The Balaban J connectivity index is 1.60. The van der Waals surface area contributed by atoms with Gasteiger partial charge in [-0.2, -0.15) is 0 Å². The lowest BCUT2D eigenvalue weighted by atomic mass is 10.2. The summed E-state index contributed by atoms with van der Waals surface area (Å²) in [5.74, 6) is -6.09. The summed E-state index contributed by atoms with van der Waals surface area (Å²) in [5.41, 5.74) is -0.475. The van der Waals surface area contributed by atoms with Crippen molar-refractivity contribution in [3.63, 3.8) is 0 Å². The quantitative estimate of drug-likeness (QED) is 0.839. The van der Waals surface area contributed by atoms with Gasteiger partial charge in [0, 0.05) is 6.07 Å². The van der Waals surface area contributed by atoms with E-state index in [4.69, 9.17) is 4.52 Å². The molecule has 1 aromatic carbocycles. The maximum atomic E-state index is 13.5. The largest absolute Gasteiger partial charge is 0.360 e. The van der Waals surface area contributed by atoms with Crippen LogP contribution in [0.25, 0.3) is 0 Å². The minimum Gasteiger partial charge on any atom is -0.360 e. The van der Waals surface area contributed by atoms with E-state index in [-0.39, 0.29) is 12.2 Å². The van der Waals surface area contributed by atoms with Crippen molar-refractivity contribution in [1.82, 2.24) is 5.16 Å². The molecule has 0 aliphatic heterocycles. The SMILES string of the molecule is Cc1cc(NC(=O)C2CC2C(=O)Nc2ccc(F)c(F)c2F)no1. The zero-order valence-electron chi connectivity index (χ0n) is 12.4. The summed E-state index contributed by atoms with van der Waals surface area (Å²) in [6.45, 7) is 1.66. The summed E-state index contributed by atoms with van der Waals surface area (Å²) in [6.07, 6.45) is 0.264. The van der Waals surface area contributed by atoms with Crippen LogP contribution in [0.1, 0.15) is 12.2 Å². The number of carbonyl (C=O) groups excluding carboxylic acids is 2. The topological polar surface area (TPSA) is 84.2 Å². The highest BCUT2D eigenvalue weighted by atomic mass is 19.2. The van der Waals surface area contributed by atoms with Crippen LogP contribution in [0.5, 0.6) is 0 Å². The lowest BCUT2D eigenvalue weighted by Gasteiger charge is -2.07. The first-order valence-electron chi connectivity index (χ1n) is 7.05. The molecule has 0 spiro atoms. The molecule has 126 valence electrons. The average Bonchev–Trinajstić information content (AvgIpc) is 3.25. The first-order valence-corrected chi connectivity index (χ1v) is 7.05. The Morgan fingerprint density at radius 2 is 1.79 bits per heavy atom. The van der Waals surface area contributed by atoms with Gasteiger partial charge < -0.3 is 15.2 Å². The number of aryl methyl sites for hydroxylation is 1. The molecule has 3 rings (SSSR count). The van der Waals surface area contributed by atoms with Crippen LogP contribution in [-0.4, -0.2) is 17.0 Å². The van der Waals surface area contributed by atoms with Crippen LogP contribution in [-0.2, 0) is 9.59 Å². The van der Waals surface area contributed by atoms with Gasteiger partial charge in [-0.25, -0.2) is 13.2 Å². The van der Waals surface area contributed by atoms with E-state index in [1.807, 2.05) is 0 Å². The molecule has 0 bridgehead atoms. The van der Waals surface area contributed by atoms with E-state index in [0.29, 0.717) is 11.8 Å². The van der Waals surface area contributed by atoms with Crippen molar-refractivity contribution in [2.24, 2.45) is 11.8 Å². The van der Waals surface area contributed by atoms with Gasteiger partial charge in [-0.3, -0.25) is 9.59 Å². The van der Waals surface area contributed by atoms with E-state index in [9.17, 15) is 22.8 Å². The van der Waals surface area contributed by atoms with Gasteiger partial charge in [-0.1, -0.05) is 5.16 Å². The van der Waals surface area contributed by atoms with Crippen molar-refractivity contribution in [2.75, 3.05) is 10.6 Å². The highest BCUT2D eigenvalue weighted by Gasteiger charge is 2.48. The molecule has 6 nitrogen and oxygen atoms in total. The fraction of sp³-hybridized carbons (Fsp3) is 0.267. The molecule has 2 aromatic rings. The number of nitrogens with one attached hydrogen (secondary N) is 2. The number of carbonyl (C=O) groups is 2. The molecule has 1 aliphatic carbocycles. The summed E-state index contributed by atoms with van der Waals surface area (Å²) in [5, 5.41) is 8.25. The Labute approximate surface area is 134 Å². The van der Waals surface area contributed by atoms with Crippen molar-refractivity contribution < 1.29 is 27.3 Å². The van der Waals surface area contributed by atoms with E-state index >= 15 is 0 Å². The Kier molecular flexibility index (Phi) is 4.00. The van der Waals surface area contributed by atoms with Crippen LogP contribution in [0, 0.1) is 36.2 Å². The molecule has 1 saturated carbocycles. The first kappa shape index (κ1) is 16.0. The van der Waals surface area contributed by atoms with E-state index in [0.717, 1.165) is 6.07 Å². The van der Waals surface area contributed by atoms with Gasteiger partial charge in [0.2, 0.25) is 11.8 Å². The Morgan fingerprint density at radius 3 is 2.42 bits per heavy atom. The molecule has 0 radical (unpaired) electrons. The molecule has 9 heteroatoms. The van der Waals surface area contributed by atoms with Crippen LogP contribution in [0.3, 0.4) is 0 Å². The van der Waals surface area contributed by atoms with Crippen molar-refractivity contribution >= 4 is 23.3 Å². The molecular formula is C15H12F3N3O3. The second kappa shape index (κ2) is 5.99. The van der Waals surface area contributed by atoms with Gasteiger partial charge in [0.25, 0.3) is 0 Å². The number of hydrogen-bond acceptors (Lipinski definition) is 4. The van der Waals surface area contributed by atoms with Crippen molar-refractivity contribution in [3.05, 3.63) is 41.4 Å². The normalized spacial score (nSPS) is 19.0. The van der Waals surface area contributed by atoms with Crippen LogP contribution >= 0.6 is 0 Å². The molecule has 2 N–H and O–H groups in total. The summed E-state index contributed by atoms with van der Waals surface area (Å²) in [7, 11) is 0. The van der Waals surface area contributed by atoms with Gasteiger partial charge in [-0.15, -0.1) is 0 Å². The summed E-state index contributed by atoms with van der Waals surface area (Å²) < 4.78 is 44.3. The number of benzene rings is 1. The van der Waals surface area contributed by atoms with Gasteiger partial charge in [-0.05, 0) is 25.5 Å². The minimum atomic E-state index is -1.67. The molecule has 1 fully saturated rings. The number of rotatable bonds is 4. The summed E-state index contributed by atoms with van der Waals surface area (Å²) in [6, 6.07) is 3.14. The number of amides is 2. The van der Waals surface area contributed by atoms with Crippen LogP contribution in [0.15, 0.2) is 22.7 Å². The van der Waals surface area contributed by atoms with E-state index in [1.54, 1.807) is 6.92 Å². The summed E-state index contributed by atoms with van der Waals surface area (Å²) >= 11 is 0. The number of hydrogen-bond donors (Lipinski definition) is 2. The molecular weight excluding hydrogens is 327 g/mol.